The van der Waals surface area contributed by atoms with Crippen LogP contribution in [0.2, 0.25) is 0 Å². The normalized spacial score (nSPS) is 24.7. The van der Waals surface area contributed by atoms with E-state index in [-0.39, 0.29) is 5.91 Å². The lowest BCUT2D eigenvalue weighted by molar-refractivity contribution is 0.0750. The minimum absolute atomic E-state index is 0.100. The molecule has 0 spiro atoms. The van der Waals surface area contributed by atoms with Gasteiger partial charge in [-0.1, -0.05) is 11.8 Å². The van der Waals surface area contributed by atoms with Gasteiger partial charge in [-0.15, -0.1) is 11.3 Å². The topological polar surface area (TPSA) is 39.7 Å². The van der Waals surface area contributed by atoms with Crippen LogP contribution in [0.15, 0.2) is 9.72 Å². The molecule has 2 aliphatic rings. The number of amides is 1. The van der Waals surface area contributed by atoms with E-state index in [4.69, 9.17) is 0 Å². The van der Waals surface area contributed by atoms with Gasteiger partial charge in [0.25, 0.3) is 5.91 Å². The first-order chi connectivity index (χ1) is 10.2. The molecule has 1 atom stereocenters. The van der Waals surface area contributed by atoms with Crippen molar-refractivity contribution in [3.8, 4) is 0 Å². The van der Waals surface area contributed by atoms with Crippen molar-refractivity contribution in [1.82, 2.24) is 19.7 Å². The highest BCUT2D eigenvalue weighted by atomic mass is 32.2. The highest BCUT2D eigenvalue weighted by molar-refractivity contribution is 8.00. The molecule has 0 N–H and O–H groups in total. The fourth-order valence-electron chi connectivity index (χ4n) is 3.02. The molecule has 0 radical (unpaired) electrons. The maximum atomic E-state index is 12.5. The summed E-state index contributed by atoms with van der Waals surface area (Å²) in [6.07, 6.45) is 3.08. The molecule has 1 amide bonds. The Hall–Kier alpha value is -0.630. The number of thioether (sulfide) groups is 1. The van der Waals surface area contributed by atoms with Crippen molar-refractivity contribution in [2.75, 3.05) is 52.6 Å². The highest BCUT2D eigenvalue weighted by Crippen LogP contribution is 2.23. The molecule has 1 aromatic heterocycles. The standard InChI is InChI=1S/C14H22N4OS2/c1-16-5-7-17(8-6-16)11-3-4-18(9-11)13(19)12-10-21-14(15-12)20-2/h10-11H,3-9H2,1-2H3/t11-/m1/s1. The molecule has 21 heavy (non-hydrogen) atoms. The van der Waals surface area contributed by atoms with Gasteiger partial charge in [0, 0.05) is 50.7 Å². The Balaban J connectivity index is 1.57. The van der Waals surface area contributed by atoms with Crippen LogP contribution in [0.3, 0.4) is 0 Å². The quantitative estimate of drug-likeness (QED) is 0.784. The van der Waals surface area contributed by atoms with Crippen molar-refractivity contribution in [3.63, 3.8) is 0 Å². The second-order valence-corrected chi connectivity index (χ2v) is 7.65. The number of hydrogen-bond acceptors (Lipinski definition) is 6. The third-order valence-corrected chi connectivity index (χ3v) is 6.24. The minimum Gasteiger partial charge on any atom is -0.336 e. The highest BCUT2D eigenvalue weighted by Gasteiger charge is 2.32. The zero-order valence-electron chi connectivity index (χ0n) is 12.6. The first-order valence-corrected chi connectivity index (χ1v) is 9.49. The fraction of sp³-hybridized carbons (Fsp3) is 0.714. The second kappa shape index (κ2) is 6.64. The number of rotatable bonds is 3. The summed E-state index contributed by atoms with van der Waals surface area (Å²) in [5.41, 5.74) is 0.614. The van der Waals surface area contributed by atoms with Gasteiger partial charge >= 0.3 is 0 Å². The van der Waals surface area contributed by atoms with Crippen molar-refractivity contribution in [2.45, 2.75) is 16.8 Å². The molecule has 0 aliphatic carbocycles. The van der Waals surface area contributed by atoms with Gasteiger partial charge in [-0.05, 0) is 19.7 Å². The number of carbonyl (C=O) groups is 1. The molecule has 0 unspecified atom stereocenters. The summed E-state index contributed by atoms with van der Waals surface area (Å²) in [5, 5.41) is 1.89. The van der Waals surface area contributed by atoms with Crippen LogP contribution in [0.1, 0.15) is 16.9 Å². The van der Waals surface area contributed by atoms with Crippen LogP contribution in [-0.4, -0.2) is 84.2 Å². The molecule has 2 fully saturated rings. The van der Waals surface area contributed by atoms with Crippen LogP contribution in [0.5, 0.6) is 0 Å². The molecular formula is C14H22N4OS2. The number of carbonyl (C=O) groups excluding carboxylic acids is 1. The van der Waals surface area contributed by atoms with Crippen LogP contribution >= 0.6 is 23.1 Å². The summed E-state index contributed by atoms with van der Waals surface area (Å²) in [4.78, 5) is 23.8. The summed E-state index contributed by atoms with van der Waals surface area (Å²) >= 11 is 3.15. The van der Waals surface area contributed by atoms with Crippen molar-refractivity contribution in [2.24, 2.45) is 0 Å². The van der Waals surface area contributed by atoms with Gasteiger partial charge in [-0.25, -0.2) is 4.98 Å². The number of hydrogen-bond donors (Lipinski definition) is 0. The van der Waals surface area contributed by atoms with E-state index in [1.165, 1.54) is 0 Å². The molecule has 0 saturated carbocycles. The second-order valence-electron chi connectivity index (χ2n) is 5.74. The Morgan fingerprint density at radius 1 is 1.33 bits per heavy atom. The Labute approximate surface area is 134 Å². The molecular weight excluding hydrogens is 304 g/mol. The van der Waals surface area contributed by atoms with E-state index < -0.39 is 0 Å². The SMILES string of the molecule is CSc1nc(C(=O)N2CC[C@@H](N3CCN(C)CC3)C2)cs1. The van der Waals surface area contributed by atoms with E-state index in [9.17, 15) is 4.79 Å². The van der Waals surface area contributed by atoms with Gasteiger partial charge in [0.05, 0.1) is 0 Å². The van der Waals surface area contributed by atoms with Gasteiger partial charge in [-0.2, -0.15) is 0 Å². The molecule has 7 heteroatoms. The van der Waals surface area contributed by atoms with Crippen molar-refractivity contribution in [1.29, 1.82) is 0 Å². The molecule has 3 rings (SSSR count). The largest absolute Gasteiger partial charge is 0.336 e. The average Bonchev–Trinajstić information content (AvgIpc) is 3.16. The minimum atomic E-state index is 0.100. The summed E-state index contributed by atoms with van der Waals surface area (Å²) in [6, 6.07) is 0.529. The van der Waals surface area contributed by atoms with Gasteiger partial charge in [0.2, 0.25) is 0 Å². The van der Waals surface area contributed by atoms with Crippen molar-refractivity contribution >= 4 is 29.0 Å². The monoisotopic (exact) mass is 326 g/mol. The summed E-state index contributed by atoms with van der Waals surface area (Å²) < 4.78 is 0.966. The van der Waals surface area contributed by atoms with Gasteiger partial charge in [0.15, 0.2) is 0 Å². The van der Waals surface area contributed by atoms with E-state index in [2.05, 4.69) is 21.8 Å². The number of thiazole rings is 1. The van der Waals surface area contributed by atoms with Gasteiger partial charge < -0.3 is 9.80 Å². The molecule has 1 aromatic rings. The zero-order valence-corrected chi connectivity index (χ0v) is 14.3. The summed E-state index contributed by atoms with van der Waals surface area (Å²) in [7, 11) is 2.17. The lowest BCUT2D eigenvalue weighted by Gasteiger charge is -2.36. The van der Waals surface area contributed by atoms with Crippen LogP contribution < -0.4 is 0 Å². The number of nitrogens with zero attached hydrogens (tertiary/aromatic N) is 4. The molecule has 2 aliphatic heterocycles. The average molecular weight is 326 g/mol. The lowest BCUT2D eigenvalue weighted by atomic mass is 10.2. The predicted molar refractivity (Wildman–Crippen MR) is 87.3 cm³/mol. The van der Waals surface area contributed by atoms with Crippen LogP contribution in [0.4, 0.5) is 0 Å². The molecule has 2 saturated heterocycles. The van der Waals surface area contributed by atoms with E-state index in [1.807, 2.05) is 16.5 Å². The van der Waals surface area contributed by atoms with Crippen LogP contribution in [0.25, 0.3) is 0 Å². The molecule has 0 bridgehead atoms. The third kappa shape index (κ3) is 3.41. The van der Waals surface area contributed by atoms with Crippen molar-refractivity contribution in [3.05, 3.63) is 11.1 Å². The van der Waals surface area contributed by atoms with Crippen LogP contribution in [-0.2, 0) is 0 Å². The Morgan fingerprint density at radius 3 is 2.76 bits per heavy atom. The predicted octanol–water partition coefficient (Wildman–Crippen LogP) is 1.33. The Bertz CT molecular complexity index is 499. The number of aromatic nitrogens is 1. The van der Waals surface area contributed by atoms with E-state index in [0.29, 0.717) is 11.7 Å². The first kappa shape index (κ1) is 15.3. The van der Waals surface area contributed by atoms with Gasteiger partial charge in [0.1, 0.15) is 10.0 Å². The fourth-order valence-corrected chi connectivity index (χ4v) is 4.26. The molecule has 116 valence electrons. The summed E-state index contributed by atoms with van der Waals surface area (Å²) in [5.74, 6) is 0.100. The third-order valence-electron chi connectivity index (χ3n) is 4.38. The molecule has 5 nitrogen and oxygen atoms in total. The first-order valence-electron chi connectivity index (χ1n) is 7.39. The number of piperazine rings is 1. The lowest BCUT2D eigenvalue weighted by Crippen LogP contribution is -2.50. The van der Waals surface area contributed by atoms with E-state index >= 15 is 0 Å². The maximum Gasteiger partial charge on any atom is 0.273 e. The van der Waals surface area contributed by atoms with E-state index in [0.717, 1.165) is 50.0 Å². The zero-order chi connectivity index (χ0) is 14.8. The Morgan fingerprint density at radius 2 is 2.10 bits per heavy atom. The molecule has 0 aromatic carbocycles. The van der Waals surface area contributed by atoms with Crippen molar-refractivity contribution < 1.29 is 4.79 Å². The number of likely N-dealkylation sites (N-methyl/N-ethyl adjacent to an activating group) is 1. The smallest absolute Gasteiger partial charge is 0.273 e. The maximum absolute atomic E-state index is 12.5. The molecule has 3 heterocycles. The van der Waals surface area contributed by atoms with Crippen LogP contribution in [0, 0.1) is 0 Å². The van der Waals surface area contributed by atoms with Gasteiger partial charge in [-0.3, -0.25) is 9.69 Å². The number of likely N-dealkylation sites (tertiary alicyclic amines) is 1. The Kier molecular flexibility index (Phi) is 4.83. The van der Waals surface area contributed by atoms with E-state index in [1.54, 1.807) is 23.1 Å². The summed E-state index contributed by atoms with van der Waals surface area (Å²) in [6.45, 7) is 6.23.